The summed E-state index contributed by atoms with van der Waals surface area (Å²) in [5.74, 6) is 1.53. The van der Waals surface area contributed by atoms with E-state index in [1.807, 2.05) is 26.8 Å². The van der Waals surface area contributed by atoms with Crippen molar-refractivity contribution in [2.24, 2.45) is 5.41 Å². The number of anilines is 1. The summed E-state index contributed by atoms with van der Waals surface area (Å²) in [6.07, 6.45) is 6.39. The molecule has 2 aliphatic heterocycles. The van der Waals surface area contributed by atoms with E-state index in [1.165, 1.54) is 12.8 Å². The SMILES string of the molecule is CCc1cc(F)c2nc(N3CCC(NC4CCOCC4)C4(CC4)C3)c(-c3nc(C)no3)c(C)c2c1. The molecule has 4 heterocycles. The first-order valence-corrected chi connectivity index (χ1v) is 13.0. The van der Waals surface area contributed by atoms with Crippen molar-refractivity contribution in [2.45, 2.75) is 71.4 Å². The lowest BCUT2D eigenvalue weighted by Gasteiger charge is -2.42. The van der Waals surface area contributed by atoms with Gasteiger partial charge in [-0.2, -0.15) is 4.98 Å². The van der Waals surface area contributed by atoms with Gasteiger partial charge in [0.1, 0.15) is 17.2 Å². The number of aryl methyl sites for hydroxylation is 3. The van der Waals surface area contributed by atoms with Gasteiger partial charge in [-0.3, -0.25) is 0 Å². The summed E-state index contributed by atoms with van der Waals surface area (Å²) in [7, 11) is 0. The lowest BCUT2D eigenvalue weighted by Crippen LogP contribution is -2.54. The number of pyridine rings is 1. The third kappa shape index (κ3) is 4.10. The fourth-order valence-corrected chi connectivity index (χ4v) is 6.02. The minimum Gasteiger partial charge on any atom is -0.381 e. The van der Waals surface area contributed by atoms with Crippen LogP contribution in [0.2, 0.25) is 0 Å². The van der Waals surface area contributed by atoms with Gasteiger partial charge in [-0.25, -0.2) is 9.37 Å². The van der Waals surface area contributed by atoms with E-state index in [0.29, 0.717) is 29.3 Å². The van der Waals surface area contributed by atoms with Crippen LogP contribution in [0, 0.1) is 25.1 Å². The average Bonchev–Trinajstić information content (AvgIpc) is 3.50. The molecule has 0 radical (unpaired) electrons. The number of nitrogens with one attached hydrogen (secondary N) is 1. The van der Waals surface area contributed by atoms with E-state index in [1.54, 1.807) is 6.07 Å². The molecule has 1 unspecified atom stereocenters. The summed E-state index contributed by atoms with van der Waals surface area (Å²) in [5, 5.41) is 8.82. The predicted octanol–water partition coefficient (Wildman–Crippen LogP) is 4.73. The molecule has 1 atom stereocenters. The molecule has 6 rings (SSSR count). The van der Waals surface area contributed by atoms with E-state index in [9.17, 15) is 0 Å². The zero-order chi connectivity index (χ0) is 24.2. The number of nitrogens with zero attached hydrogens (tertiary/aromatic N) is 4. The van der Waals surface area contributed by atoms with Crippen molar-refractivity contribution in [3.05, 3.63) is 34.9 Å². The Kier molecular flexibility index (Phi) is 5.76. The highest BCUT2D eigenvalue weighted by Crippen LogP contribution is 2.53. The van der Waals surface area contributed by atoms with Crippen LogP contribution in [0.3, 0.4) is 0 Å². The largest absolute Gasteiger partial charge is 0.381 e. The topological polar surface area (TPSA) is 76.3 Å². The Labute approximate surface area is 205 Å². The van der Waals surface area contributed by atoms with Crippen molar-refractivity contribution in [2.75, 3.05) is 31.2 Å². The number of piperidine rings is 1. The van der Waals surface area contributed by atoms with Crippen LogP contribution in [0.1, 0.15) is 56.0 Å². The summed E-state index contributed by atoms with van der Waals surface area (Å²) in [6, 6.07) is 4.70. The maximum atomic E-state index is 15.2. The van der Waals surface area contributed by atoms with Gasteiger partial charge in [0.2, 0.25) is 0 Å². The smallest absolute Gasteiger partial charge is 0.261 e. The van der Waals surface area contributed by atoms with E-state index in [0.717, 1.165) is 79.9 Å². The van der Waals surface area contributed by atoms with Crippen LogP contribution in [0.4, 0.5) is 10.2 Å². The number of halogens is 1. The highest BCUT2D eigenvalue weighted by molar-refractivity contribution is 5.93. The second-order valence-electron chi connectivity index (χ2n) is 10.6. The summed E-state index contributed by atoms with van der Waals surface area (Å²) in [5.41, 5.74) is 3.39. The molecule has 1 aliphatic carbocycles. The molecule has 8 heteroatoms. The number of rotatable bonds is 5. The Bertz CT molecular complexity index is 1250. The maximum Gasteiger partial charge on any atom is 0.261 e. The second-order valence-corrected chi connectivity index (χ2v) is 10.6. The first-order chi connectivity index (χ1) is 17.0. The molecule has 2 saturated heterocycles. The standard InChI is InChI=1S/C27H34FN5O2/c1-4-18-13-20-16(2)23(26-29-17(3)32-35-26)25(31-24(20)21(28)14-18)33-10-5-22(27(15-33)8-9-27)30-19-6-11-34-12-7-19/h13-14,19,22,30H,4-12,15H2,1-3H3. The molecule has 2 aromatic heterocycles. The first kappa shape index (κ1) is 22.9. The van der Waals surface area contributed by atoms with Gasteiger partial charge in [-0.1, -0.05) is 12.1 Å². The van der Waals surface area contributed by atoms with Crippen molar-refractivity contribution in [3.63, 3.8) is 0 Å². The van der Waals surface area contributed by atoms with Gasteiger partial charge < -0.3 is 19.5 Å². The summed E-state index contributed by atoms with van der Waals surface area (Å²) < 4.78 is 26.4. The zero-order valence-corrected chi connectivity index (χ0v) is 20.9. The predicted molar refractivity (Wildman–Crippen MR) is 133 cm³/mol. The minimum atomic E-state index is -0.269. The normalized spacial score (nSPS) is 22.3. The Hall–Kier alpha value is -2.58. The summed E-state index contributed by atoms with van der Waals surface area (Å²) in [4.78, 5) is 11.8. The van der Waals surface area contributed by atoms with Gasteiger partial charge in [0.15, 0.2) is 5.82 Å². The Morgan fingerprint density at radius 2 is 1.94 bits per heavy atom. The molecule has 1 aromatic carbocycles. The molecule has 1 spiro atoms. The Morgan fingerprint density at radius 1 is 1.14 bits per heavy atom. The minimum absolute atomic E-state index is 0.244. The van der Waals surface area contributed by atoms with E-state index < -0.39 is 0 Å². The van der Waals surface area contributed by atoms with Crippen LogP contribution in [0.25, 0.3) is 22.4 Å². The van der Waals surface area contributed by atoms with Gasteiger partial charge >= 0.3 is 0 Å². The fraction of sp³-hybridized carbons (Fsp3) is 0.593. The molecule has 1 N–H and O–H groups in total. The van der Waals surface area contributed by atoms with Crippen LogP contribution in [-0.2, 0) is 11.2 Å². The van der Waals surface area contributed by atoms with Crippen molar-refractivity contribution in [3.8, 4) is 11.5 Å². The highest BCUT2D eigenvalue weighted by Gasteiger charge is 2.53. The van der Waals surface area contributed by atoms with Crippen molar-refractivity contribution >= 4 is 16.7 Å². The number of aromatic nitrogens is 3. The highest BCUT2D eigenvalue weighted by atomic mass is 19.1. The Balaban J connectivity index is 1.39. The molecule has 0 amide bonds. The van der Waals surface area contributed by atoms with Gasteiger partial charge in [0, 0.05) is 49.2 Å². The summed E-state index contributed by atoms with van der Waals surface area (Å²) in [6.45, 7) is 9.33. The van der Waals surface area contributed by atoms with E-state index in [-0.39, 0.29) is 11.2 Å². The van der Waals surface area contributed by atoms with Gasteiger partial charge in [-0.15, -0.1) is 0 Å². The van der Waals surface area contributed by atoms with E-state index in [4.69, 9.17) is 14.2 Å². The van der Waals surface area contributed by atoms with Crippen molar-refractivity contribution in [1.29, 1.82) is 0 Å². The molecule has 3 aliphatic rings. The third-order valence-electron chi connectivity index (χ3n) is 8.28. The second kappa shape index (κ2) is 8.82. The molecule has 0 bridgehead atoms. The van der Waals surface area contributed by atoms with E-state index >= 15 is 4.39 Å². The molecular weight excluding hydrogens is 445 g/mol. The molecule has 3 fully saturated rings. The number of hydrogen-bond donors (Lipinski definition) is 1. The molecule has 186 valence electrons. The maximum absolute atomic E-state index is 15.2. The zero-order valence-electron chi connectivity index (χ0n) is 20.9. The lowest BCUT2D eigenvalue weighted by atomic mass is 9.87. The average molecular weight is 480 g/mol. The van der Waals surface area contributed by atoms with Gasteiger partial charge in [-0.05, 0) is 75.6 Å². The van der Waals surface area contributed by atoms with Crippen molar-refractivity contribution in [1.82, 2.24) is 20.4 Å². The van der Waals surface area contributed by atoms with Gasteiger partial charge in [0.25, 0.3) is 5.89 Å². The van der Waals surface area contributed by atoms with Crippen LogP contribution in [0.5, 0.6) is 0 Å². The fourth-order valence-electron chi connectivity index (χ4n) is 6.02. The quantitative estimate of drug-likeness (QED) is 0.567. The van der Waals surface area contributed by atoms with Crippen LogP contribution in [-0.4, -0.2) is 53.5 Å². The molecule has 1 saturated carbocycles. The molecule has 35 heavy (non-hydrogen) atoms. The number of ether oxygens (including phenoxy) is 1. The van der Waals surface area contributed by atoms with Crippen LogP contribution >= 0.6 is 0 Å². The van der Waals surface area contributed by atoms with Crippen LogP contribution in [0.15, 0.2) is 16.7 Å². The number of fused-ring (bicyclic) bond motifs is 1. The monoisotopic (exact) mass is 479 g/mol. The molecular formula is C27H34FN5O2. The van der Waals surface area contributed by atoms with Crippen LogP contribution < -0.4 is 10.2 Å². The first-order valence-electron chi connectivity index (χ1n) is 13.0. The molecule has 3 aromatic rings. The Morgan fingerprint density at radius 3 is 2.63 bits per heavy atom. The number of hydrogen-bond acceptors (Lipinski definition) is 7. The van der Waals surface area contributed by atoms with Gasteiger partial charge in [0.05, 0.1) is 5.56 Å². The molecule has 7 nitrogen and oxygen atoms in total. The summed E-state index contributed by atoms with van der Waals surface area (Å²) >= 11 is 0. The van der Waals surface area contributed by atoms with E-state index in [2.05, 4.69) is 20.4 Å². The third-order valence-corrected chi connectivity index (χ3v) is 8.28. The van der Waals surface area contributed by atoms with Crippen molar-refractivity contribution < 1.29 is 13.7 Å². The lowest BCUT2D eigenvalue weighted by molar-refractivity contribution is 0.0696. The number of benzene rings is 1.